The lowest BCUT2D eigenvalue weighted by atomic mass is 10.1. The van der Waals surface area contributed by atoms with Crippen LogP contribution in [0.15, 0.2) is 6.07 Å². The first-order chi connectivity index (χ1) is 10.5. The fourth-order valence-electron chi connectivity index (χ4n) is 2.79. The summed E-state index contributed by atoms with van der Waals surface area (Å²) in [6.45, 7) is 5.04. The number of aliphatic carboxylic acids is 1. The van der Waals surface area contributed by atoms with E-state index in [1.54, 1.807) is 0 Å². The molecule has 2 heterocycles. The van der Waals surface area contributed by atoms with Crippen molar-refractivity contribution in [2.75, 3.05) is 19.8 Å². The van der Waals surface area contributed by atoms with Gasteiger partial charge in [0.15, 0.2) is 0 Å². The third-order valence-corrected chi connectivity index (χ3v) is 5.03. The van der Waals surface area contributed by atoms with E-state index in [1.165, 1.54) is 21.8 Å². The van der Waals surface area contributed by atoms with E-state index < -0.39 is 5.97 Å². The van der Waals surface area contributed by atoms with Gasteiger partial charge in [-0.2, -0.15) is 0 Å². The largest absolute Gasteiger partial charge is 0.480 e. The van der Waals surface area contributed by atoms with E-state index in [1.807, 2.05) is 13.0 Å². The van der Waals surface area contributed by atoms with Gasteiger partial charge in [-0.05, 0) is 37.8 Å². The highest BCUT2D eigenvalue weighted by atomic mass is 32.1. The van der Waals surface area contributed by atoms with Crippen molar-refractivity contribution in [1.82, 2.24) is 4.90 Å². The van der Waals surface area contributed by atoms with Crippen LogP contribution in [-0.4, -0.2) is 47.7 Å². The Morgan fingerprint density at radius 2 is 2.09 bits per heavy atom. The van der Waals surface area contributed by atoms with E-state index in [4.69, 9.17) is 9.84 Å². The number of ether oxygens (including phenoxy) is 1. The van der Waals surface area contributed by atoms with Crippen LogP contribution in [0.4, 0.5) is 0 Å². The van der Waals surface area contributed by atoms with Gasteiger partial charge in [0.05, 0.1) is 4.88 Å². The Labute approximate surface area is 134 Å². The highest BCUT2D eigenvalue weighted by Gasteiger charge is 2.29. The smallest absolute Gasteiger partial charge is 0.323 e. The van der Waals surface area contributed by atoms with Gasteiger partial charge in [0, 0.05) is 24.1 Å². The van der Waals surface area contributed by atoms with Crippen LogP contribution in [0.3, 0.4) is 0 Å². The van der Waals surface area contributed by atoms with E-state index in [0.29, 0.717) is 30.9 Å². The van der Waals surface area contributed by atoms with Gasteiger partial charge in [-0.25, -0.2) is 0 Å². The Hall–Kier alpha value is -1.40. The molecule has 0 radical (unpaired) electrons. The minimum absolute atomic E-state index is 0.0469. The molecule has 1 saturated heterocycles. The predicted octanol–water partition coefficient (Wildman–Crippen LogP) is 2.71. The number of nitrogens with zero attached hydrogens (tertiary/aromatic N) is 1. The van der Waals surface area contributed by atoms with Crippen LogP contribution in [0.5, 0.6) is 0 Å². The summed E-state index contributed by atoms with van der Waals surface area (Å²) in [5.74, 6) is -1.13. The molecule has 22 heavy (non-hydrogen) atoms. The van der Waals surface area contributed by atoms with Gasteiger partial charge >= 0.3 is 5.97 Å². The van der Waals surface area contributed by atoms with E-state index in [-0.39, 0.29) is 18.5 Å². The lowest BCUT2D eigenvalue weighted by Crippen LogP contribution is -2.45. The maximum atomic E-state index is 12.8. The highest BCUT2D eigenvalue weighted by Crippen LogP contribution is 2.26. The number of amides is 1. The SMILES string of the molecule is CCCc1cc(C(=O)N(CC(=O)O)C2CCOCC2)sc1C. The summed E-state index contributed by atoms with van der Waals surface area (Å²) in [6, 6.07) is 1.88. The fraction of sp³-hybridized carbons (Fsp3) is 0.625. The van der Waals surface area contributed by atoms with Crippen molar-refractivity contribution in [1.29, 1.82) is 0 Å². The summed E-state index contributed by atoms with van der Waals surface area (Å²) < 4.78 is 5.31. The number of aryl methyl sites for hydroxylation is 2. The van der Waals surface area contributed by atoms with Crippen molar-refractivity contribution in [3.63, 3.8) is 0 Å². The average Bonchev–Trinajstić information content (AvgIpc) is 2.86. The first-order valence-electron chi connectivity index (χ1n) is 7.72. The van der Waals surface area contributed by atoms with Crippen molar-refractivity contribution in [3.8, 4) is 0 Å². The standard InChI is InChI=1S/C16H23NO4S/c1-3-4-12-9-14(22-11(12)2)16(20)17(10-15(18)19)13-5-7-21-8-6-13/h9,13H,3-8,10H2,1-2H3,(H,18,19). The molecule has 1 aliphatic heterocycles. The lowest BCUT2D eigenvalue weighted by molar-refractivity contribution is -0.138. The molecule has 1 aliphatic rings. The number of carboxylic acids is 1. The van der Waals surface area contributed by atoms with Crippen LogP contribution >= 0.6 is 11.3 Å². The topological polar surface area (TPSA) is 66.8 Å². The zero-order valence-corrected chi connectivity index (χ0v) is 13.9. The number of carboxylic acid groups (broad SMARTS) is 1. The summed E-state index contributed by atoms with van der Waals surface area (Å²) in [4.78, 5) is 27.2. The van der Waals surface area contributed by atoms with Crippen molar-refractivity contribution in [2.45, 2.75) is 45.6 Å². The van der Waals surface area contributed by atoms with Crippen LogP contribution in [-0.2, 0) is 16.0 Å². The molecule has 5 nitrogen and oxygen atoms in total. The molecular weight excluding hydrogens is 302 g/mol. The predicted molar refractivity (Wildman–Crippen MR) is 85.6 cm³/mol. The first kappa shape index (κ1) is 17.0. The van der Waals surface area contributed by atoms with Gasteiger partial charge in [-0.3, -0.25) is 9.59 Å². The zero-order chi connectivity index (χ0) is 16.1. The van der Waals surface area contributed by atoms with E-state index >= 15 is 0 Å². The molecule has 0 saturated carbocycles. The summed E-state index contributed by atoms with van der Waals surface area (Å²) in [5.41, 5.74) is 1.19. The molecule has 6 heteroatoms. The van der Waals surface area contributed by atoms with Crippen molar-refractivity contribution >= 4 is 23.2 Å². The first-order valence-corrected chi connectivity index (χ1v) is 8.54. The Bertz CT molecular complexity index is 534. The second-order valence-corrected chi connectivity index (χ2v) is 6.87. The molecule has 0 aromatic carbocycles. The van der Waals surface area contributed by atoms with Crippen molar-refractivity contribution < 1.29 is 19.4 Å². The Kier molecular flexibility index (Phi) is 5.97. The van der Waals surface area contributed by atoms with E-state index in [9.17, 15) is 9.59 Å². The molecule has 0 atom stereocenters. The molecule has 2 rings (SSSR count). The molecule has 1 N–H and O–H groups in total. The molecule has 0 unspecified atom stereocenters. The van der Waals surface area contributed by atoms with Gasteiger partial charge in [-0.1, -0.05) is 13.3 Å². The third kappa shape index (κ3) is 4.08. The lowest BCUT2D eigenvalue weighted by Gasteiger charge is -2.32. The Morgan fingerprint density at radius 1 is 1.41 bits per heavy atom. The van der Waals surface area contributed by atoms with Crippen LogP contribution in [0.25, 0.3) is 0 Å². The summed E-state index contributed by atoms with van der Waals surface area (Å²) in [6.07, 6.45) is 3.38. The summed E-state index contributed by atoms with van der Waals surface area (Å²) in [5, 5.41) is 9.13. The monoisotopic (exact) mass is 325 g/mol. The van der Waals surface area contributed by atoms with Gasteiger partial charge in [-0.15, -0.1) is 11.3 Å². The summed E-state index contributed by atoms with van der Waals surface area (Å²) in [7, 11) is 0. The Morgan fingerprint density at radius 3 is 2.68 bits per heavy atom. The third-order valence-electron chi connectivity index (χ3n) is 3.95. The number of thiophene rings is 1. The Balaban J connectivity index is 2.20. The number of hydrogen-bond acceptors (Lipinski definition) is 4. The van der Waals surface area contributed by atoms with Gasteiger partial charge < -0.3 is 14.7 Å². The summed E-state index contributed by atoms with van der Waals surface area (Å²) >= 11 is 1.47. The van der Waals surface area contributed by atoms with Crippen molar-refractivity contribution in [2.24, 2.45) is 0 Å². The molecule has 1 fully saturated rings. The van der Waals surface area contributed by atoms with Crippen LogP contribution in [0.1, 0.15) is 46.3 Å². The van der Waals surface area contributed by atoms with Gasteiger partial charge in [0.25, 0.3) is 5.91 Å². The normalized spacial score (nSPS) is 15.7. The molecule has 1 amide bonds. The fourth-order valence-corrected chi connectivity index (χ4v) is 3.82. The highest BCUT2D eigenvalue weighted by molar-refractivity contribution is 7.14. The molecule has 0 spiro atoms. The maximum Gasteiger partial charge on any atom is 0.323 e. The molecule has 122 valence electrons. The molecule has 1 aromatic rings. The van der Waals surface area contributed by atoms with Crippen LogP contribution < -0.4 is 0 Å². The van der Waals surface area contributed by atoms with Crippen LogP contribution in [0, 0.1) is 6.92 Å². The zero-order valence-electron chi connectivity index (χ0n) is 13.1. The number of carbonyl (C=O) groups excluding carboxylic acids is 1. The second-order valence-electron chi connectivity index (χ2n) is 5.61. The minimum atomic E-state index is -0.970. The van der Waals surface area contributed by atoms with E-state index in [2.05, 4.69) is 6.92 Å². The number of hydrogen-bond donors (Lipinski definition) is 1. The molecule has 0 bridgehead atoms. The second kappa shape index (κ2) is 7.74. The number of rotatable bonds is 6. The van der Waals surface area contributed by atoms with Gasteiger partial charge in [0.1, 0.15) is 6.54 Å². The molecular formula is C16H23NO4S. The minimum Gasteiger partial charge on any atom is -0.480 e. The quantitative estimate of drug-likeness (QED) is 0.873. The maximum absolute atomic E-state index is 12.8. The number of carbonyl (C=O) groups is 2. The van der Waals surface area contributed by atoms with Crippen LogP contribution in [0.2, 0.25) is 0 Å². The van der Waals surface area contributed by atoms with Crippen molar-refractivity contribution in [3.05, 3.63) is 21.4 Å². The van der Waals surface area contributed by atoms with Gasteiger partial charge in [0.2, 0.25) is 0 Å². The molecule has 1 aromatic heterocycles. The average molecular weight is 325 g/mol. The molecule has 0 aliphatic carbocycles. The van der Waals surface area contributed by atoms with E-state index in [0.717, 1.165) is 17.7 Å².